The standard InChI is InChI=1S/C17H15BrO3/c1-12(19)17(2,13-8-4-3-5-9-13)21-16(20)14-10-6-7-11-15(14)18/h3-11H,1-2H3. The predicted molar refractivity (Wildman–Crippen MR) is 84.0 cm³/mol. The van der Waals surface area contributed by atoms with Crippen molar-refractivity contribution in [3.05, 3.63) is 70.2 Å². The molecule has 0 spiro atoms. The van der Waals surface area contributed by atoms with Crippen LogP contribution in [0.15, 0.2) is 59.1 Å². The third kappa shape index (κ3) is 3.22. The van der Waals surface area contributed by atoms with E-state index in [0.29, 0.717) is 15.6 Å². The number of Topliss-reactive ketones (excluding diaryl/α,β-unsaturated/α-hetero) is 1. The lowest BCUT2D eigenvalue weighted by atomic mass is 9.92. The van der Waals surface area contributed by atoms with Crippen LogP contribution in [0.4, 0.5) is 0 Å². The second-order valence-corrected chi connectivity index (χ2v) is 5.68. The van der Waals surface area contributed by atoms with Gasteiger partial charge in [-0.3, -0.25) is 4.79 Å². The molecule has 2 aromatic rings. The molecule has 2 rings (SSSR count). The molecule has 0 saturated heterocycles. The molecule has 0 aromatic heterocycles. The average molecular weight is 347 g/mol. The monoisotopic (exact) mass is 346 g/mol. The van der Waals surface area contributed by atoms with Crippen molar-refractivity contribution in [3.63, 3.8) is 0 Å². The number of benzene rings is 2. The first-order chi connectivity index (χ1) is 9.95. The van der Waals surface area contributed by atoms with Crippen LogP contribution in [0.3, 0.4) is 0 Å². The first kappa shape index (κ1) is 15.4. The molecule has 0 heterocycles. The highest BCUT2D eigenvalue weighted by atomic mass is 79.9. The van der Waals surface area contributed by atoms with Gasteiger partial charge in [0.05, 0.1) is 5.56 Å². The Bertz CT molecular complexity index is 667. The first-order valence-electron chi connectivity index (χ1n) is 6.49. The van der Waals surface area contributed by atoms with Crippen molar-refractivity contribution < 1.29 is 14.3 Å². The highest BCUT2D eigenvalue weighted by Gasteiger charge is 2.36. The Morgan fingerprint density at radius 2 is 1.57 bits per heavy atom. The molecule has 4 heteroatoms. The summed E-state index contributed by atoms with van der Waals surface area (Å²) in [4.78, 5) is 24.4. The zero-order valence-electron chi connectivity index (χ0n) is 11.8. The summed E-state index contributed by atoms with van der Waals surface area (Å²) in [6, 6.07) is 16.0. The number of carbonyl (C=O) groups is 2. The van der Waals surface area contributed by atoms with E-state index in [-0.39, 0.29) is 5.78 Å². The second kappa shape index (κ2) is 6.22. The third-order valence-electron chi connectivity index (χ3n) is 3.39. The Hall–Kier alpha value is -1.94. The Labute approximate surface area is 132 Å². The molecule has 0 aliphatic rings. The number of halogens is 1. The van der Waals surface area contributed by atoms with E-state index in [0.717, 1.165) is 0 Å². The number of hydrogen-bond acceptors (Lipinski definition) is 3. The van der Waals surface area contributed by atoms with Crippen LogP contribution in [0.1, 0.15) is 29.8 Å². The summed E-state index contributed by atoms with van der Waals surface area (Å²) in [6.07, 6.45) is 0. The summed E-state index contributed by atoms with van der Waals surface area (Å²) >= 11 is 3.31. The van der Waals surface area contributed by atoms with Crippen LogP contribution in [0.5, 0.6) is 0 Å². The summed E-state index contributed by atoms with van der Waals surface area (Å²) in [6.45, 7) is 3.03. The second-order valence-electron chi connectivity index (χ2n) is 4.82. The van der Waals surface area contributed by atoms with Gasteiger partial charge in [-0.2, -0.15) is 0 Å². The number of ketones is 1. The molecule has 0 aliphatic heterocycles. The van der Waals surface area contributed by atoms with Gasteiger partial charge in [0.15, 0.2) is 11.4 Å². The Kier molecular flexibility index (Phi) is 4.58. The molecule has 0 fully saturated rings. The van der Waals surface area contributed by atoms with E-state index in [1.165, 1.54) is 6.92 Å². The summed E-state index contributed by atoms with van der Waals surface area (Å²) in [5, 5.41) is 0. The minimum absolute atomic E-state index is 0.228. The van der Waals surface area contributed by atoms with Crippen LogP contribution < -0.4 is 0 Å². The summed E-state index contributed by atoms with van der Waals surface area (Å²) < 4.78 is 6.17. The average Bonchev–Trinajstić information content (AvgIpc) is 2.48. The van der Waals surface area contributed by atoms with E-state index < -0.39 is 11.6 Å². The molecule has 0 amide bonds. The van der Waals surface area contributed by atoms with Crippen LogP contribution in [-0.4, -0.2) is 11.8 Å². The fourth-order valence-corrected chi connectivity index (χ4v) is 2.40. The van der Waals surface area contributed by atoms with Gasteiger partial charge >= 0.3 is 5.97 Å². The van der Waals surface area contributed by atoms with E-state index in [1.807, 2.05) is 24.3 Å². The quantitative estimate of drug-likeness (QED) is 0.782. The van der Waals surface area contributed by atoms with Gasteiger partial charge in [0, 0.05) is 10.0 Å². The number of hydrogen-bond donors (Lipinski definition) is 0. The van der Waals surface area contributed by atoms with Crippen molar-refractivity contribution >= 4 is 27.7 Å². The third-order valence-corrected chi connectivity index (χ3v) is 4.08. The fourth-order valence-electron chi connectivity index (χ4n) is 1.96. The zero-order valence-corrected chi connectivity index (χ0v) is 13.4. The lowest BCUT2D eigenvalue weighted by Crippen LogP contribution is -2.36. The molecule has 1 atom stereocenters. The van der Waals surface area contributed by atoms with E-state index in [1.54, 1.807) is 37.3 Å². The summed E-state index contributed by atoms with van der Waals surface area (Å²) in [5.74, 6) is -0.766. The lowest BCUT2D eigenvalue weighted by Gasteiger charge is -2.27. The molecule has 0 aliphatic carbocycles. The predicted octanol–water partition coefficient (Wildman–Crippen LogP) is 4.11. The molecule has 0 N–H and O–H groups in total. The number of ether oxygens (including phenoxy) is 1. The topological polar surface area (TPSA) is 43.4 Å². The van der Waals surface area contributed by atoms with Crippen molar-refractivity contribution in [1.29, 1.82) is 0 Å². The largest absolute Gasteiger partial charge is 0.443 e. The van der Waals surface area contributed by atoms with E-state index in [4.69, 9.17) is 4.74 Å². The highest BCUT2D eigenvalue weighted by molar-refractivity contribution is 9.10. The smallest absolute Gasteiger partial charge is 0.340 e. The maximum atomic E-state index is 12.4. The first-order valence-corrected chi connectivity index (χ1v) is 7.29. The van der Waals surface area contributed by atoms with E-state index >= 15 is 0 Å². The van der Waals surface area contributed by atoms with Crippen LogP contribution in [0.2, 0.25) is 0 Å². The summed E-state index contributed by atoms with van der Waals surface area (Å²) in [5.41, 5.74) is -0.257. The molecule has 0 saturated carbocycles. The highest BCUT2D eigenvalue weighted by Crippen LogP contribution is 2.29. The minimum Gasteiger partial charge on any atom is -0.443 e. The molecule has 2 aromatic carbocycles. The molecule has 108 valence electrons. The lowest BCUT2D eigenvalue weighted by molar-refractivity contribution is -0.135. The number of esters is 1. The maximum Gasteiger partial charge on any atom is 0.340 e. The van der Waals surface area contributed by atoms with Crippen molar-refractivity contribution in [1.82, 2.24) is 0 Å². The fraction of sp³-hybridized carbons (Fsp3) is 0.176. The molecule has 1 unspecified atom stereocenters. The number of rotatable bonds is 4. The van der Waals surface area contributed by atoms with Gasteiger partial charge in [-0.25, -0.2) is 4.79 Å². The van der Waals surface area contributed by atoms with E-state index in [9.17, 15) is 9.59 Å². The molecular formula is C17H15BrO3. The van der Waals surface area contributed by atoms with Gasteiger partial charge in [0.2, 0.25) is 0 Å². The molecule has 0 bridgehead atoms. The van der Waals surface area contributed by atoms with Gasteiger partial charge < -0.3 is 4.74 Å². The van der Waals surface area contributed by atoms with Gasteiger partial charge in [0.1, 0.15) is 0 Å². The van der Waals surface area contributed by atoms with E-state index in [2.05, 4.69) is 15.9 Å². The normalized spacial score (nSPS) is 13.3. The Balaban J connectivity index is 2.36. The van der Waals surface area contributed by atoms with Crippen LogP contribution in [0, 0.1) is 0 Å². The van der Waals surface area contributed by atoms with Gasteiger partial charge in [-0.05, 0) is 41.9 Å². The van der Waals surface area contributed by atoms with Crippen molar-refractivity contribution in [2.24, 2.45) is 0 Å². The van der Waals surface area contributed by atoms with Crippen LogP contribution in [-0.2, 0) is 15.1 Å². The Morgan fingerprint density at radius 3 is 2.14 bits per heavy atom. The van der Waals surface area contributed by atoms with Crippen LogP contribution >= 0.6 is 15.9 Å². The molecule has 0 radical (unpaired) electrons. The van der Waals surface area contributed by atoms with Crippen LogP contribution in [0.25, 0.3) is 0 Å². The minimum atomic E-state index is -1.30. The zero-order chi connectivity index (χ0) is 15.5. The Morgan fingerprint density at radius 1 is 1.00 bits per heavy atom. The molecular weight excluding hydrogens is 332 g/mol. The van der Waals surface area contributed by atoms with Crippen molar-refractivity contribution in [3.8, 4) is 0 Å². The van der Waals surface area contributed by atoms with Gasteiger partial charge in [-0.1, -0.05) is 42.5 Å². The maximum absolute atomic E-state index is 12.4. The van der Waals surface area contributed by atoms with Gasteiger partial charge in [-0.15, -0.1) is 0 Å². The molecule has 21 heavy (non-hydrogen) atoms. The van der Waals surface area contributed by atoms with Crippen molar-refractivity contribution in [2.45, 2.75) is 19.4 Å². The number of carbonyl (C=O) groups excluding carboxylic acids is 2. The van der Waals surface area contributed by atoms with Crippen molar-refractivity contribution in [2.75, 3.05) is 0 Å². The SMILES string of the molecule is CC(=O)C(C)(OC(=O)c1ccccc1Br)c1ccccc1. The summed E-state index contributed by atoms with van der Waals surface area (Å²) in [7, 11) is 0. The van der Waals surface area contributed by atoms with Gasteiger partial charge in [0.25, 0.3) is 0 Å². The molecule has 3 nitrogen and oxygen atoms in total.